The largest absolute Gasteiger partial charge is 0.402 e. The molecule has 0 saturated carbocycles. The van der Waals surface area contributed by atoms with Gasteiger partial charge in [-0.3, -0.25) is 0 Å². The Kier molecular flexibility index (Phi) is 8.30. The van der Waals surface area contributed by atoms with E-state index < -0.39 is 0 Å². The molecule has 0 spiro atoms. The van der Waals surface area contributed by atoms with Gasteiger partial charge in [0.2, 0.25) is 5.96 Å². The van der Waals surface area contributed by atoms with E-state index in [0.717, 1.165) is 56.2 Å². The van der Waals surface area contributed by atoms with Crippen LogP contribution in [0.1, 0.15) is 70.6 Å². The van der Waals surface area contributed by atoms with Crippen molar-refractivity contribution in [1.82, 2.24) is 4.90 Å². The number of allylic oxidation sites excluding steroid dienone is 2. The van der Waals surface area contributed by atoms with Gasteiger partial charge in [-0.15, -0.1) is 0 Å². The Morgan fingerprint density at radius 1 is 1.02 bits per heavy atom. The van der Waals surface area contributed by atoms with Crippen LogP contribution in [0.2, 0.25) is 0 Å². The molecule has 0 bridgehead atoms. The summed E-state index contributed by atoms with van der Waals surface area (Å²) in [5, 5.41) is 0. The van der Waals surface area contributed by atoms with Gasteiger partial charge >= 0.3 is 0 Å². The average Bonchev–Trinajstić information content (AvgIpc) is 2.96. The molecule has 1 atom stereocenters. The molecule has 2 aromatic rings. The first-order valence-corrected chi connectivity index (χ1v) is 15.2. The number of nitrogens with zero attached hydrogens (tertiary/aromatic N) is 4. The van der Waals surface area contributed by atoms with Gasteiger partial charge in [-0.2, -0.15) is 0 Å². The second-order valence-corrected chi connectivity index (χ2v) is 12.6. The lowest BCUT2D eigenvalue weighted by Crippen LogP contribution is -2.58. The number of rotatable bonds is 6. The Morgan fingerprint density at radius 2 is 1.76 bits per heavy atom. The number of guanidine groups is 1. The lowest BCUT2D eigenvalue weighted by molar-refractivity contribution is 0.373. The molecule has 0 aromatic heterocycles. The molecular weight excluding hydrogens is 509 g/mol. The number of hydrogen-bond acceptors (Lipinski definition) is 5. The molecule has 2 heterocycles. The summed E-state index contributed by atoms with van der Waals surface area (Å²) >= 11 is 0. The highest BCUT2D eigenvalue weighted by molar-refractivity contribution is 6.01. The molecule has 1 aliphatic carbocycles. The van der Waals surface area contributed by atoms with Crippen molar-refractivity contribution < 1.29 is 4.39 Å². The highest BCUT2D eigenvalue weighted by Crippen LogP contribution is 2.41. The van der Waals surface area contributed by atoms with Crippen LogP contribution in [0.4, 0.5) is 15.8 Å². The van der Waals surface area contributed by atoms with Gasteiger partial charge in [0, 0.05) is 56.1 Å². The summed E-state index contributed by atoms with van der Waals surface area (Å²) in [6.07, 6.45) is 5.68. The van der Waals surface area contributed by atoms with E-state index in [1.165, 1.54) is 22.4 Å². The highest BCUT2D eigenvalue weighted by atomic mass is 19.1. The van der Waals surface area contributed by atoms with E-state index in [1.54, 1.807) is 0 Å². The van der Waals surface area contributed by atoms with Crippen molar-refractivity contribution >= 4 is 17.3 Å². The molecule has 0 amide bonds. The van der Waals surface area contributed by atoms with Crippen LogP contribution in [0, 0.1) is 0 Å². The van der Waals surface area contributed by atoms with E-state index in [2.05, 4.69) is 104 Å². The van der Waals surface area contributed by atoms with E-state index in [9.17, 15) is 0 Å². The third-order valence-corrected chi connectivity index (χ3v) is 8.65. The summed E-state index contributed by atoms with van der Waals surface area (Å²) in [5.41, 5.74) is 14.6. The van der Waals surface area contributed by atoms with Crippen LogP contribution >= 0.6 is 0 Å². The molecule has 218 valence electrons. The van der Waals surface area contributed by atoms with Gasteiger partial charge in [-0.1, -0.05) is 71.5 Å². The topological polar surface area (TPSA) is 48.1 Å². The van der Waals surface area contributed by atoms with Gasteiger partial charge in [0.1, 0.15) is 11.5 Å². The van der Waals surface area contributed by atoms with Gasteiger partial charge in [0.25, 0.3) is 0 Å². The van der Waals surface area contributed by atoms with Crippen LogP contribution < -0.4 is 15.5 Å². The molecule has 1 unspecified atom stereocenters. The number of piperazine rings is 1. The fraction of sp³-hybridized carbons (Fsp3) is 0.457. The second kappa shape index (κ2) is 11.8. The van der Waals surface area contributed by atoms with Crippen LogP contribution in [0.25, 0.3) is 0 Å². The van der Waals surface area contributed by atoms with Crippen molar-refractivity contribution in [3.8, 4) is 0 Å². The molecule has 1 fully saturated rings. The summed E-state index contributed by atoms with van der Waals surface area (Å²) in [4.78, 5) is 12.3. The van der Waals surface area contributed by atoms with E-state index in [4.69, 9.17) is 10.7 Å². The fourth-order valence-electron chi connectivity index (χ4n) is 6.22. The summed E-state index contributed by atoms with van der Waals surface area (Å²) in [6, 6.07) is 15.5. The minimum Gasteiger partial charge on any atom is -0.402 e. The maximum atomic E-state index is 15.5. The second-order valence-electron chi connectivity index (χ2n) is 12.6. The SMILES string of the molecule is C=C(N)CC1C2=CCCC(F)=C2N=C(N2CCN(c3cccc(CC)c3)CC2)N1c1cc(C(C)(C)C)ccc1CC. The van der Waals surface area contributed by atoms with Crippen LogP contribution in [0.15, 0.2) is 82.9 Å². The normalized spacial score (nSPS) is 19.7. The molecule has 5 rings (SSSR count). The Labute approximate surface area is 245 Å². The van der Waals surface area contributed by atoms with E-state index in [0.29, 0.717) is 30.7 Å². The molecule has 1 saturated heterocycles. The van der Waals surface area contributed by atoms with E-state index in [-0.39, 0.29) is 17.3 Å². The van der Waals surface area contributed by atoms with Gasteiger partial charge in [-0.25, -0.2) is 9.38 Å². The first-order valence-electron chi connectivity index (χ1n) is 15.2. The minimum atomic E-state index is -0.166. The summed E-state index contributed by atoms with van der Waals surface area (Å²) < 4.78 is 15.5. The quantitative estimate of drug-likeness (QED) is 0.408. The number of hydrogen-bond donors (Lipinski definition) is 1. The lowest BCUT2D eigenvalue weighted by Gasteiger charge is -2.47. The predicted molar refractivity (Wildman–Crippen MR) is 171 cm³/mol. The summed E-state index contributed by atoms with van der Waals surface area (Å²) in [5.74, 6) is 0.699. The molecule has 2 N–H and O–H groups in total. The van der Waals surface area contributed by atoms with Crippen molar-refractivity contribution in [2.24, 2.45) is 10.7 Å². The predicted octanol–water partition coefficient (Wildman–Crippen LogP) is 7.24. The maximum Gasteiger partial charge on any atom is 0.207 e. The summed E-state index contributed by atoms with van der Waals surface area (Å²) in [7, 11) is 0. The first kappa shape index (κ1) is 29.0. The van der Waals surface area contributed by atoms with Gasteiger partial charge < -0.3 is 20.4 Å². The third kappa shape index (κ3) is 5.93. The van der Waals surface area contributed by atoms with Crippen LogP contribution in [-0.2, 0) is 18.3 Å². The Balaban J connectivity index is 1.59. The van der Waals surface area contributed by atoms with E-state index >= 15 is 4.39 Å². The molecule has 0 radical (unpaired) electrons. The average molecular weight is 556 g/mol. The number of benzene rings is 2. The third-order valence-electron chi connectivity index (χ3n) is 8.65. The van der Waals surface area contributed by atoms with Gasteiger partial charge in [-0.05, 0) is 65.1 Å². The molecule has 3 aliphatic rings. The zero-order valence-corrected chi connectivity index (χ0v) is 25.5. The number of fused-ring (bicyclic) bond motifs is 1. The zero-order chi connectivity index (χ0) is 29.3. The number of aliphatic imine (C=N–C) groups is 1. The van der Waals surface area contributed by atoms with Crippen molar-refractivity contribution in [3.05, 3.63) is 94.6 Å². The first-order chi connectivity index (χ1) is 19.6. The number of halogens is 1. The molecule has 2 aliphatic heterocycles. The van der Waals surface area contributed by atoms with Crippen molar-refractivity contribution in [2.75, 3.05) is 36.0 Å². The molecular formula is C35H46FN5. The fourth-order valence-corrected chi connectivity index (χ4v) is 6.22. The van der Waals surface area contributed by atoms with Crippen LogP contribution in [0.5, 0.6) is 0 Å². The zero-order valence-electron chi connectivity index (χ0n) is 25.5. The smallest absolute Gasteiger partial charge is 0.207 e. The number of aryl methyl sites for hydroxylation is 2. The summed E-state index contributed by atoms with van der Waals surface area (Å²) in [6.45, 7) is 18.6. The Bertz CT molecular complexity index is 1390. The van der Waals surface area contributed by atoms with Crippen molar-refractivity contribution in [2.45, 2.75) is 78.2 Å². The molecule has 6 heteroatoms. The van der Waals surface area contributed by atoms with Crippen molar-refractivity contribution in [3.63, 3.8) is 0 Å². The standard InChI is InChI=1S/C35H46FN5/c1-7-25-11-9-12-28(22-25)39-17-19-40(20-18-39)34-38-33-29(13-10-14-30(33)36)32(21-24(3)37)41(34)31-23-27(35(4,5)6)16-15-26(31)8-2/h9,11-13,15-16,22-23,32H,3,7-8,10,14,17-21,37H2,1-2,4-6H3. The van der Waals surface area contributed by atoms with Gasteiger partial charge in [0.05, 0.1) is 6.04 Å². The molecule has 41 heavy (non-hydrogen) atoms. The Morgan fingerprint density at radius 3 is 2.41 bits per heavy atom. The number of nitrogens with two attached hydrogens (primary N) is 1. The maximum absolute atomic E-state index is 15.5. The van der Waals surface area contributed by atoms with Crippen LogP contribution in [-0.4, -0.2) is 43.1 Å². The monoisotopic (exact) mass is 555 g/mol. The van der Waals surface area contributed by atoms with E-state index in [1.807, 2.05) is 0 Å². The highest BCUT2D eigenvalue weighted by Gasteiger charge is 2.40. The lowest BCUT2D eigenvalue weighted by atomic mass is 9.85. The minimum absolute atomic E-state index is 0.0129. The molecule has 5 nitrogen and oxygen atoms in total. The number of anilines is 2. The molecule has 2 aromatic carbocycles. The van der Waals surface area contributed by atoms with Crippen molar-refractivity contribution in [1.29, 1.82) is 0 Å². The Hall–Kier alpha value is -3.54. The van der Waals surface area contributed by atoms with Gasteiger partial charge in [0.15, 0.2) is 0 Å². The van der Waals surface area contributed by atoms with Crippen LogP contribution in [0.3, 0.4) is 0 Å².